The van der Waals surface area contributed by atoms with Crippen LogP contribution in [0, 0.1) is 6.92 Å². The van der Waals surface area contributed by atoms with Crippen LogP contribution in [0.5, 0.6) is 5.75 Å². The normalized spacial score (nSPS) is 12.6. The number of benzene rings is 1. The first-order chi connectivity index (χ1) is 7.10. The lowest BCUT2D eigenvalue weighted by Crippen LogP contribution is -2.03. The first-order valence-electron chi connectivity index (χ1n) is 4.73. The number of aryl methyl sites for hydroxylation is 1. The molecule has 0 aromatic heterocycles. The Morgan fingerprint density at radius 1 is 1.53 bits per heavy atom. The number of aliphatic hydroxyl groups excluding tert-OH is 1. The van der Waals surface area contributed by atoms with E-state index < -0.39 is 6.10 Å². The van der Waals surface area contributed by atoms with Gasteiger partial charge in [-0.1, -0.05) is 11.6 Å². The third kappa shape index (κ3) is 3.03. The van der Waals surface area contributed by atoms with E-state index >= 15 is 0 Å². The highest BCUT2D eigenvalue weighted by Crippen LogP contribution is 2.33. The van der Waals surface area contributed by atoms with Crippen molar-refractivity contribution in [1.82, 2.24) is 0 Å². The average Bonchev–Trinajstić information content (AvgIpc) is 2.17. The zero-order valence-corrected chi connectivity index (χ0v) is 10.5. The number of ether oxygens (including phenoxy) is 1. The van der Waals surface area contributed by atoms with Crippen molar-refractivity contribution in [3.63, 3.8) is 0 Å². The summed E-state index contributed by atoms with van der Waals surface area (Å²) >= 11 is 10.0. The summed E-state index contributed by atoms with van der Waals surface area (Å²) in [5.74, 6) is 1.32. The van der Waals surface area contributed by atoms with Crippen molar-refractivity contribution in [2.75, 3.05) is 12.9 Å². The van der Waals surface area contributed by atoms with Gasteiger partial charge in [-0.15, -0.1) is 0 Å². The minimum Gasteiger partial charge on any atom is -0.496 e. The first-order valence-corrected chi connectivity index (χ1v) is 5.74. The number of thiol groups is 1. The fraction of sp³-hybridized carbons (Fsp3) is 0.455. The number of rotatable bonds is 4. The Labute approximate surface area is 101 Å². The third-order valence-electron chi connectivity index (χ3n) is 2.23. The molecule has 0 saturated heterocycles. The molecule has 0 radical (unpaired) electrons. The zero-order valence-electron chi connectivity index (χ0n) is 8.83. The molecule has 84 valence electrons. The Kier molecular flexibility index (Phi) is 4.77. The fourth-order valence-electron chi connectivity index (χ4n) is 1.56. The van der Waals surface area contributed by atoms with Crippen LogP contribution >= 0.6 is 24.2 Å². The molecule has 1 atom stereocenters. The molecule has 1 aromatic carbocycles. The molecule has 15 heavy (non-hydrogen) atoms. The predicted octanol–water partition coefficient (Wildman–Crippen LogP) is 3.01. The molecular weight excluding hydrogens is 232 g/mol. The minimum absolute atomic E-state index is 0.574. The molecule has 1 N–H and O–H groups in total. The van der Waals surface area contributed by atoms with Gasteiger partial charge in [0, 0.05) is 10.6 Å². The fourth-order valence-corrected chi connectivity index (χ4v) is 2.09. The number of hydrogen-bond acceptors (Lipinski definition) is 3. The van der Waals surface area contributed by atoms with Gasteiger partial charge in [0.15, 0.2) is 0 Å². The molecule has 1 aromatic rings. The minimum atomic E-state index is -0.574. The maximum absolute atomic E-state index is 9.89. The van der Waals surface area contributed by atoms with Gasteiger partial charge in [0.05, 0.1) is 13.2 Å². The van der Waals surface area contributed by atoms with E-state index in [9.17, 15) is 5.11 Å². The molecule has 0 aliphatic rings. The van der Waals surface area contributed by atoms with Crippen molar-refractivity contribution in [1.29, 1.82) is 0 Å². The van der Waals surface area contributed by atoms with Crippen LogP contribution in [0.4, 0.5) is 0 Å². The van der Waals surface area contributed by atoms with E-state index in [1.807, 2.05) is 13.0 Å². The Hall–Kier alpha value is -0.380. The van der Waals surface area contributed by atoms with Crippen molar-refractivity contribution >= 4 is 24.2 Å². The predicted molar refractivity (Wildman–Crippen MR) is 66.2 cm³/mol. The molecule has 0 aliphatic carbocycles. The van der Waals surface area contributed by atoms with Crippen molar-refractivity contribution in [2.45, 2.75) is 19.4 Å². The van der Waals surface area contributed by atoms with Crippen LogP contribution < -0.4 is 4.74 Å². The van der Waals surface area contributed by atoms with E-state index in [-0.39, 0.29) is 0 Å². The number of halogens is 1. The van der Waals surface area contributed by atoms with Gasteiger partial charge in [-0.2, -0.15) is 12.6 Å². The Bertz CT molecular complexity index is 342. The van der Waals surface area contributed by atoms with Gasteiger partial charge in [-0.05, 0) is 36.8 Å². The molecule has 0 heterocycles. The van der Waals surface area contributed by atoms with E-state index in [1.54, 1.807) is 13.2 Å². The molecule has 2 nitrogen and oxygen atoms in total. The highest BCUT2D eigenvalue weighted by atomic mass is 35.5. The largest absolute Gasteiger partial charge is 0.496 e. The highest BCUT2D eigenvalue weighted by molar-refractivity contribution is 7.80. The number of aliphatic hydroxyl groups is 1. The highest BCUT2D eigenvalue weighted by Gasteiger charge is 2.15. The van der Waals surface area contributed by atoms with Crippen LogP contribution in [0.3, 0.4) is 0 Å². The summed E-state index contributed by atoms with van der Waals surface area (Å²) < 4.78 is 5.25. The summed E-state index contributed by atoms with van der Waals surface area (Å²) in [6, 6.07) is 3.55. The summed E-state index contributed by atoms with van der Waals surface area (Å²) in [6.45, 7) is 1.90. The SMILES string of the molecule is COc1c(C)cc(Cl)cc1C(O)CCS. The summed E-state index contributed by atoms with van der Waals surface area (Å²) in [5.41, 5.74) is 1.66. The molecule has 1 unspecified atom stereocenters. The Balaban J connectivity index is 3.13. The van der Waals surface area contributed by atoms with E-state index in [0.717, 1.165) is 11.1 Å². The van der Waals surface area contributed by atoms with Crippen LogP contribution in [0.1, 0.15) is 23.7 Å². The van der Waals surface area contributed by atoms with E-state index in [0.29, 0.717) is 22.9 Å². The molecule has 0 aliphatic heterocycles. The molecular formula is C11H15ClO2S. The quantitative estimate of drug-likeness (QED) is 0.800. The molecule has 0 amide bonds. The van der Waals surface area contributed by atoms with Gasteiger partial charge in [0.25, 0.3) is 0 Å². The van der Waals surface area contributed by atoms with Crippen LogP contribution in [0.25, 0.3) is 0 Å². The van der Waals surface area contributed by atoms with Crippen molar-refractivity contribution in [3.05, 3.63) is 28.3 Å². The topological polar surface area (TPSA) is 29.5 Å². The molecule has 0 bridgehead atoms. The van der Waals surface area contributed by atoms with Gasteiger partial charge in [-0.3, -0.25) is 0 Å². The van der Waals surface area contributed by atoms with Crippen LogP contribution in [-0.4, -0.2) is 18.0 Å². The Morgan fingerprint density at radius 2 is 2.20 bits per heavy atom. The first kappa shape index (κ1) is 12.7. The second kappa shape index (κ2) is 5.64. The Morgan fingerprint density at radius 3 is 2.73 bits per heavy atom. The van der Waals surface area contributed by atoms with Crippen LogP contribution in [-0.2, 0) is 0 Å². The smallest absolute Gasteiger partial charge is 0.127 e. The summed E-state index contributed by atoms with van der Waals surface area (Å²) in [4.78, 5) is 0. The van der Waals surface area contributed by atoms with Gasteiger partial charge in [-0.25, -0.2) is 0 Å². The lowest BCUT2D eigenvalue weighted by molar-refractivity contribution is 0.170. The van der Waals surface area contributed by atoms with Crippen molar-refractivity contribution in [2.24, 2.45) is 0 Å². The lowest BCUT2D eigenvalue weighted by atomic mass is 10.0. The molecule has 1 rings (SSSR count). The zero-order chi connectivity index (χ0) is 11.4. The molecule has 0 fully saturated rings. The summed E-state index contributed by atoms with van der Waals surface area (Å²) in [6.07, 6.45) is 0.00838. The average molecular weight is 247 g/mol. The van der Waals surface area contributed by atoms with E-state index in [1.165, 1.54) is 0 Å². The summed E-state index contributed by atoms with van der Waals surface area (Å²) in [7, 11) is 1.59. The molecule has 0 saturated carbocycles. The molecule has 0 spiro atoms. The molecule has 4 heteroatoms. The van der Waals surface area contributed by atoms with Gasteiger partial charge < -0.3 is 9.84 Å². The number of hydrogen-bond donors (Lipinski definition) is 2. The lowest BCUT2D eigenvalue weighted by Gasteiger charge is -2.16. The maximum atomic E-state index is 9.89. The van der Waals surface area contributed by atoms with Gasteiger partial charge in [0.1, 0.15) is 5.75 Å². The van der Waals surface area contributed by atoms with Crippen LogP contribution in [0.15, 0.2) is 12.1 Å². The van der Waals surface area contributed by atoms with Crippen LogP contribution in [0.2, 0.25) is 5.02 Å². The van der Waals surface area contributed by atoms with E-state index in [4.69, 9.17) is 16.3 Å². The van der Waals surface area contributed by atoms with E-state index in [2.05, 4.69) is 12.6 Å². The third-order valence-corrected chi connectivity index (χ3v) is 2.71. The van der Waals surface area contributed by atoms with Crippen molar-refractivity contribution < 1.29 is 9.84 Å². The van der Waals surface area contributed by atoms with Gasteiger partial charge in [0.2, 0.25) is 0 Å². The maximum Gasteiger partial charge on any atom is 0.127 e. The second-order valence-electron chi connectivity index (χ2n) is 3.37. The van der Waals surface area contributed by atoms with Gasteiger partial charge >= 0.3 is 0 Å². The standard InChI is InChI=1S/C11H15ClO2S/c1-7-5-8(12)6-9(11(7)14-2)10(13)3-4-15/h5-6,10,13,15H,3-4H2,1-2H3. The second-order valence-corrected chi connectivity index (χ2v) is 4.26. The summed E-state index contributed by atoms with van der Waals surface area (Å²) in [5, 5.41) is 10.5. The number of methoxy groups -OCH3 is 1. The van der Waals surface area contributed by atoms with Crippen molar-refractivity contribution in [3.8, 4) is 5.75 Å². The monoisotopic (exact) mass is 246 g/mol.